The predicted octanol–water partition coefficient (Wildman–Crippen LogP) is 1.75. The molecule has 0 spiro atoms. The molecule has 1 rings (SSSR count). The summed E-state index contributed by atoms with van der Waals surface area (Å²) in [7, 11) is 2.08. The van der Waals surface area contributed by atoms with Gasteiger partial charge in [-0.15, -0.1) is 0 Å². The van der Waals surface area contributed by atoms with Crippen molar-refractivity contribution in [3.05, 3.63) is 0 Å². The average Bonchev–Trinajstić information content (AvgIpc) is 2.21. The Kier molecular flexibility index (Phi) is 5.83. The number of ether oxygens (including phenoxy) is 1. The van der Waals surface area contributed by atoms with Crippen molar-refractivity contribution < 1.29 is 4.74 Å². The molecule has 3 heteroatoms. The van der Waals surface area contributed by atoms with Gasteiger partial charge in [0, 0.05) is 25.0 Å². The van der Waals surface area contributed by atoms with E-state index in [9.17, 15) is 0 Å². The molecule has 1 aliphatic rings. The van der Waals surface area contributed by atoms with E-state index < -0.39 is 0 Å². The zero-order chi connectivity index (χ0) is 9.52. The molecule has 1 atom stereocenters. The van der Waals surface area contributed by atoms with Gasteiger partial charge >= 0.3 is 0 Å². The van der Waals surface area contributed by atoms with Crippen molar-refractivity contribution in [2.45, 2.75) is 25.8 Å². The lowest BCUT2D eigenvalue weighted by Crippen LogP contribution is -2.38. The van der Waals surface area contributed by atoms with E-state index in [1.807, 2.05) is 11.8 Å². The molecule has 1 aliphatic heterocycles. The van der Waals surface area contributed by atoms with Gasteiger partial charge in [0.25, 0.3) is 0 Å². The molecule has 1 fully saturated rings. The summed E-state index contributed by atoms with van der Waals surface area (Å²) in [6.45, 7) is 4.14. The van der Waals surface area contributed by atoms with E-state index in [2.05, 4.69) is 19.3 Å². The largest absolute Gasteiger partial charge is 0.381 e. The van der Waals surface area contributed by atoms with E-state index in [1.54, 1.807) is 0 Å². The Balaban J connectivity index is 2.26. The second kappa shape index (κ2) is 6.68. The zero-order valence-electron chi connectivity index (χ0n) is 8.71. The first-order valence-corrected chi connectivity index (χ1v) is 6.36. The van der Waals surface area contributed by atoms with Crippen LogP contribution in [0.1, 0.15) is 19.8 Å². The van der Waals surface area contributed by atoms with E-state index in [0.717, 1.165) is 19.1 Å². The Hall–Kier alpha value is 0.270. The van der Waals surface area contributed by atoms with Crippen LogP contribution in [-0.2, 0) is 4.74 Å². The normalized spacial score (nSPS) is 21.7. The summed E-state index contributed by atoms with van der Waals surface area (Å²) in [5.74, 6) is 3.30. The van der Waals surface area contributed by atoms with Crippen LogP contribution in [0.25, 0.3) is 0 Å². The Morgan fingerprint density at radius 2 is 2.15 bits per heavy atom. The quantitative estimate of drug-likeness (QED) is 0.735. The lowest BCUT2D eigenvalue weighted by atomic mass is 9.93. The molecule has 0 aromatic heterocycles. The van der Waals surface area contributed by atoms with Gasteiger partial charge in [-0.25, -0.2) is 0 Å². The van der Waals surface area contributed by atoms with Crippen LogP contribution >= 0.6 is 11.8 Å². The summed E-state index contributed by atoms with van der Waals surface area (Å²) in [5, 5.41) is 3.43. The first kappa shape index (κ1) is 11.3. The van der Waals surface area contributed by atoms with E-state index in [-0.39, 0.29) is 0 Å². The summed E-state index contributed by atoms with van der Waals surface area (Å²) in [4.78, 5) is 0. The Bertz CT molecular complexity index is 126. The van der Waals surface area contributed by atoms with Crippen LogP contribution in [0.3, 0.4) is 0 Å². The van der Waals surface area contributed by atoms with Crippen LogP contribution < -0.4 is 5.32 Å². The third-order valence-corrected chi connectivity index (χ3v) is 3.71. The smallest absolute Gasteiger partial charge is 0.0469 e. The Labute approximate surface area is 85.8 Å². The fourth-order valence-corrected chi connectivity index (χ4v) is 2.75. The van der Waals surface area contributed by atoms with Gasteiger partial charge in [-0.3, -0.25) is 0 Å². The molecule has 0 amide bonds. The number of thioether (sulfide) groups is 1. The van der Waals surface area contributed by atoms with E-state index in [1.165, 1.54) is 24.3 Å². The first-order valence-electron chi connectivity index (χ1n) is 5.21. The molecule has 2 nitrogen and oxygen atoms in total. The minimum Gasteiger partial charge on any atom is -0.381 e. The van der Waals surface area contributed by atoms with Crippen molar-refractivity contribution in [1.29, 1.82) is 0 Å². The number of rotatable bonds is 5. The van der Waals surface area contributed by atoms with Crippen molar-refractivity contribution >= 4 is 11.8 Å². The molecule has 0 aliphatic carbocycles. The fourth-order valence-electron chi connectivity index (χ4n) is 1.82. The minimum absolute atomic E-state index is 0.689. The lowest BCUT2D eigenvalue weighted by Gasteiger charge is -2.29. The molecule has 0 aromatic carbocycles. The van der Waals surface area contributed by atoms with Crippen LogP contribution in [0.2, 0.25) is 0 Å². The molecular weight excluding hydrogens is 182 g/mol. The van der Waals surface area contributed by atoms with Crippen molar-refractivity contribution in [2.75, 3.05) is 31.8 Å². The summed E-state index contributed by atoms with van der Waals surface area (Å²) >= 11 is 2.03. The Morgan fingerprint density at radius 1 is 1.46 bits per heavy atom. The van der Waals surface area contributed by atoms with Gasteiger partial charge in [-0.1, -0.05) is 6.92 Å². The van der Waals surface area contributed by atoms with Gasteiger partial charge in [-0.05, 0) is 31.6 Å². The van der Waals surface area contributed by atoms with Crippen molar-refractivity contribution in [1.82, 2.24) is 5.32 Å². The van der Waals surface area contributed by atoms with E-state index in [0.29, 0.717) is 6.04 Å². The van der Waals surface area contributed by atoms with Gasteiger partial charge in [0.1, 0.15) is 0 Å². The van der Waals surface area contributed by atoms with Gasteiger partial charge < -0.3 is 10.1 Å². The van der Waals surface area contributed by atoms with E-state index in [4.69, 9.17) is 4.74 Å². The van der Waals surface area contributed by atoms with Crippen LogP contribution in [0.15, 0.2) is 0 Å². The molecule has 1 N–H and O–H groups in total. The highest BCUT2D eigenvalue weighted by molar-refractivity contribution is 7.99. The molecule has 1 heterocycles. The fraction of sp³-hybridized carbons (Fsp3) is 1.00. The SMILES string of the molecule is CCSCC(NC)C1CCOCC1. The summed E-state index contributed by atoms with van der Waals surface area (Å²) in [5.41, 5.74) is 0. The number of nitrogens with one attached hydrogen (secondary N) is 1. The summed E-state index contributed by atoms with van der Waals surface area (Å²) in [6.07, 6.45) is 2.46. The third kappa shape index (κ3) is 3.88. The maximum absolute atomic E-state index is 5.36. The molecule has 0 radical (unpaired) electrons. The molecule has 0 aromatic rings. The van der Waals surface area contributed by atoms with Gasteiger partial charge in [0.2, 0.25) is 0 Å². The molecule has 0 saturated carbocycles. The van der Waals surface area contributed by atoms with Crippen LogP contribution in [0, 0.1) is 5.92 Å². The average molecular weight is 203 g/mol. The third-order valence-electron chi connectivity index (χ3n) is 2.71. The van der Waals surface area contributed by atoms with Gasteiger partial charge in [-0.2, -0.15) is 11.8 Å². The zero-order valence-corrected chi connectivity index (χ0v) is 9.53. The van der Waals surface area contributed by atoms with Crippen LogP contribution in [-0.4, -0.2) is 37.8 Å². The van der Waals surface area contributed by atoms with Gasteiger partial charge in [0.15, 0.2) is 0 Å². The second-order valence-corrected chi connectivity index (χ2v) is 4.82. The molecule has 78 valence electrons. The van der Waals surface area contributed by atoms with Crippen molar-refractivity contribution in [2.24, 2.45) is 5.92 Å². The first-order chi connectivity index (χ1) is 6.38. The van der Waals surface area contributed by atoms with Crippen LogP contribution in [0.5, 0.6) is 0 Å². The standard InChI is InChI=1S/C10H21NOS/c1-3-13-8-10(11-2)9-4-6-12-7-5-9/h9-11H,3-8H2,1-2H3. The lowest BCUT2D eigenvalue weighted by molar-refractivity contribution is 0.0575. The number of hydrogen-bond donors (Lipinski definition) is 1. The molecule has 0 bridgehead atoms. The highest BCUT2D eigenvalue weighted by atomic mass is 32.2. The van der Waals surface area contributed by atoms with Gasteiger partial charge in [0.05, 0.1) is 0 Å². The molecule has 13 heavy (non-hydrogen) atoms. The summed E-state index contributed by atoms with van der Waals surface area (Å²) < 4.78 is 5.36. The molecular formula is C10H21NOS. The maximum atomic E-state index is 5.36. The monoisotopic (exact) mass is 203 g/mol. The number of hydrogen-bond acceptors (Lipinski definition) is 3. The Morgan fingerprint density at radius 3 is 2.69 bits per heavy atom. The molecule has 1 saturated heterocycles. The summed E-state index contributed by atoms with van der Waals surface area (Å²) in [6, 6.07) is 0.689. The second-order valence-electron chi connectivity index (χ2n) is 3.50. The predicted molar refractivity (Wildman–Crippen MR) is 59.4 cm³/mol. The molecule has 1 unspecified atom stereocenters. The maximum Gasteiger partial charge on any atom is 0.0469 e. The topological polar surface area (TPSA) is 21.3 Å². The van der Waals surface area contributed by atoms with Crippen molar-refractivity contribution in [3.8, 4) is 0 Å². The van der Waals surface area contributed by atoms with E-state index >= 15 is 0 Å². The van der Waals surface area contributed by atoms with Crippen LogP contribution in [0.4, 0.5) is 0 Å². The minimum atomic E-state index is 0.689. The highest BCUT2D eigenvalue weighted by Crippen LogP contribution is 2.21. The highest BCUT2D eigenvalue weighted by Gasteiger charge is 2.22. The van der Waals surface area contributed by atoms with Crippen molar-refractivity contribution in [3.63, 3.8) is 0 Å².